The van der Waals surface area contributed by atoms with Gasteiger partial charge in [0.1, 0.15) is 0 Å². The molecule has 3 nitrogen and oxygen atoms in total. The van der Waals surface area contributed by atoms with E-state index in [0.717, 1.165) is 4.47 Å². The van der Waals surface area contributed by atoms with Crippen LogP contribution in [0, 0.1) is 0 Å². The van der Waals surface area contributed by atoms with Crippen molar-refractivity contribution in [1.29, 1.82) is 0 Å². The van der Waals surface area contributed by atoms with Crippen LogP contribution >= 0.6 is 15.9 Å². The van der Waals surface area contributed by atoms with Gasteiger partial charge in [-0.05, 0) is 48.7 Å². The molecule has 2 heterocycles. The molecule has 82 valence electrons. The minimum Gasteiger partial charge on any atom is -0.301 e. The molecular weight excluding hydrogens is 254 g/mol. The average molecular weight is 270 g/mol. The number of rotatable bonds is 1. The summed E-state index contributed by atoms with van der Waals surface area (Å²) >= 11 is 3.46. The van der Waals surface area contributed by atoms with Gasteiger partial charge < -0.3 is 4.90 Å². The number of hydrogen-bond donors (Lipinski definition) is 0. The standard InChI is InChI=1S/C11H16BrN3/c1-14-5-2-10(6-11(14)3-4-11)15-8-9(12)7-13-15/h7-8,10H,2-6H2,1H3. The molecule has 3 rings (SSSR count). The lowest BCUT2D eigenvalue weighted by atomic mass is 9.96. The Morgan fingerprint density at radius 1 is 1.53 bits per heavy atom. The minimum atomic E-state index is 0.529. The van der Waals surface area contributed by atoms with E-state index in [1.807, 2.05) is 6.20 Å². The Morgan fingerprint density at radius 3 is 2.93 bits per heavy atom. The Kier molecular flexibility index (Phi) is 2.18. The van der Waals surface area contributed by atoms with E-state index in [2.05, 4.69) is 43.9 Å². The van der Waals surface area contributed by atoms with Gasteiger partial charge in [-0.3, -0.25) is 4.68 Å². The number of likely N-dealkylation sites (tertiary alicyclic amines) is 1. The molecule has 2 fully saturated rings. The van der Waals surface area contributed by atoms with E-state index in [1.165, 1.54) is 32.2 Å². The number of halogens is 1. The highest BCUT2D eigenvalue weighted by Crippen LogP contribution is 2.50. The number of nitrogens with zero attached hydrogens (tertiary/aromatic N) is 3. The Labute approximate surface area is 98.6 Å². The van der Waals surface area contributed by atoms with Crippen LogP contribution in [0.5, 0.6) is 0 Å². The van der Waals surface area contributed by atoms with Crippen LogP contribution in [0.2, 0.25) is 0 Å². The predicted molar refractivity (Wildman–Crippen MR) is 62.8 cm³/mol. The first-order valence-electron chi connectivity index (χ1n) is 5.61. The van der Waals surface area contributed by atoms with Crippen molar-refractivity contribution in [2.75, 3.05) is 13.6 Å². The van der Waals surface area contributed by atoms with Crippen LogP contribution in [-0.4, -0.2) is 33.8 Å². The lowest BCUT2D eigenvalue weighted by molar-refractivity contribution is 0.121. The second kappa shape index (κ2) is 3.32. The van der Waals surface area contributed by atoms with Crippen molar-refractivity contribution in [2.24, 2.45) is 0 Å². The molecule has 1 unspecified atom stereocenters. The molecule has 0 N–H and O–H groups in total. The summed E-state index contributed by atoms with van der Waals surface area (Å²) in [4.78, 5) is 2.54. The van der Waals surface area contributed by atoms with E-state index in [0.29, 0.717) is 11.6 Å². The number of hydrogen-bond acceptors (Lipinski definition) is 2. The van der Waals surface area contributed by atoms with Crippen molar-refractivity contribution >= 4 is 15.9 Å². The Hall–Kier alpha value is -0.350. The van der Waals surface area contributed by atoms with Gasteiger partial charge in [-0.1, -0.05) is 0 Å². The zero-order chi connectivity index (χ0) is 10.5. The molecule has 4 heteroatoms. The van der Waals surface area contributed by atoms with E-state index >= 15 is 0 Å². The smallest absolute Gasteiger partial charge is 0.0632 e. The molecule has 1 aliphatic carbocycles. The number of piperidine rings is 1. The van der Waals surface area contributed by atoms with Crippen molar-refractivity contribution in [2.45, 2.75) is 37.3 Å². The Morgan fingerprint density at radius 2 is 2.33 bits per heavy atom. The van der Waals surface area contributed by atoms with Gasteiger partial charge in [0, 0.05) is 18.3 Å². The topological polar surface area (TPSA) is 21.1 Å². The summed E-state index contributed by atoms with van der Waals surface area (Å²) in [6, 6.07) is 0.606. The molecule has 1 atom stereocenters. The Balaban J connectivity index is 1.79. The monoisotopic (exact) mass is 269 g/mol. The fourth-order valence-corrected chi connectivity index (χ4v) is 3.05. The second-order valence-corrected chi connectivity index (χ2v) is 5.85. The maximum Gasteiger partial charge on any atom is 0.0632 e. The summed E-state index contributed by atoms with van der Waals surface area (Å²) in [6.07, 6.45) is 9.25. The van der Waals surface area contributed by atoms with Gasteiger partial charge in [-0.2, -0.15) is 5.10 Å². The summed E-state index contributed by atoms with van der Waals surface area (Å²) in [6.45, 7) is 1.21. The van der Waals surface area contributed by atoms with Gasteiger partial charge in [0.2, 0.25) is 0 Å². The van der Waals surface area contributed by atoms with Crippen LogP contribution < -0.4 is 0 Å². The van der Waals surface area contributed by atoms with Crippen molar-refractivity contribution < 1.29 is 0 Å². The van der Waals surface area contributed by atoms with Crippen LogP contribution in [0.25, 0.3) is 0 Å². The van der Waals surface area contributed by atoms with Crippen LogP contribution in [0.4, 0.5) is 0 Å². The van der Waals surface area contributed by atoms with Crippen LogP contribution in [0.3, 0.4) is 0 Å². The van der Waals surface area contributed by atoms with Crippen molar-refractivity contribution in [1.82, 2.24) is 14.7 Å². The molecule has 15 heavy (non-hydrogen) atoms. The average Bonchev–Trinajstić information content (AvgIpc) is 2.86. The molecule has 1 aliphatic heterocycles. The molecule has 1 aromatic rings. The second-order valence-electron chi connectivity index (χ2n) is 4.93. The first kappa shape index (κ1) is 9.85. The largest absolute Gasteiger partial charge is 0.301 e. The molecule has 1 spiro atoms. The van der Waals surface area contributed by atoms with Crippen LogP contribution in [0.1, 0.15) is 31.7 Å². The lowest BCUT2D eigenvalue weighted by Crippen LogP contribution is -2.42. The summed E-state index contributed by atoms with van der Waals surface area (Å²) in [7, 11) is 2.27. The molecule has 1 saturated carbocycles. The minimum absolute atomic E-state index is 0.529. The molecule has 0 radical (unpaired) electrons. The Bertz CT molecular complexity index is 370. The SMILES string of the molecule is CN1CCC(n2cc(Br)cn2)CC12CC2. The van der Waals surface area contributed by atoms with E-state index in [9.17, 15) is 0 Å². The van der Waals surface area contributed by atoms with Gasteiger partial charge >= 0.3 is 0 Å². The third-order valence-corrected chi connectivity index (χ3v) is 4.40. The van der Waals surface area contributed by atoms with Gasteiger partial charge in [-0.25, -0.2) is 0 Å². The molecule has 1 saturated heterocycles. The van der Waals surface area contributed by atoms with E-state index in [1.54, 1.807) is 0 Å². The molecule has 0 amide bonds. The van der Waals surface area contributed by atoms with Gasteiger partial charge in [0.15, 0.2) is 0 Å². The van der Waals surface area contributed by atoms with Crippen molar-refractivity contribution in [3.8, 4) is 0 Å². The van der Waals surface area contributed by atoms with Gasteiger partial charge in [-0.15, -0.1) is 0 Å². The third-order valence-electron chi connectivity index (χ3n) is 3.99. The van der Waals surface area contributed by atoms with Gasteiger partial charge in [0.05, 0.1) is 16.7 Å². The highest BCUT2D eigenvalue weighted by Gasteiger charge is 2.50. The van der Waals surface area contributed by atoms with Crippen molar-refractivity contribution in [3.05, 3.63) is 16.9 Å². The highest BCUT2D eigenvalue weighted by molar-refractivity contribution is 9.10. The molecule has 0 bridgehead atoms. The van der Waals surface area contributed by atoms with Crippen LogP contribution in [-0.2, 0) is 0 Å². The van der Waals surface area contributed by atoms with Gasteiger partial charge in [0.25, 0.3) is 0 Å². The molecular formula is C11H16BrN3. The number of aromatic nitrogens is 2. The summed E-state index contributed by atoms with van der Waals surface area (Å²) in [5.41, 5.74) is 0.529. The normalized spacial score (nSPS) is 29.6. The maximum absolute atomic E-state index is 4.41. The molecule has 0 aromatic carbocycles. The first-order valence-corrected chi connectivity index (χ1v) is 6.40. The zero-order valence-corrected chi connectivity index (χ0v) is 10.6. The summed E-state index contributed by atoms with van der Waals surface area (Å²) in [5, 5.41) is 4.41. The zero-order valence-electron chi connectivity index (χ0n) is 8.99. The maximum atomic E-state index is 4.41. The third kappa shape index (κ3) is 1.64. The van der Waals surface area contributed by atoms with E-state index < -0.39 is 0 Å². The van der Waals surface area contributed by atoms with E-state index in [-0.39, 0.29) is 0 Å². The highest BCUT2D eigenvalue weighted by atomic mass is 79.9. The molecule has 1 aromatic heterocycles. The quantitative estimate of drug-likeness (QED) is 0.781. The first-order chi connectivity index (χ1) is 7.20. The summed E-state index contributed by atoms with van der Waals surface area (Å²) < 4.78 is 3.23. The van der Waals surface area contributed by atoms with Crippen LogP contribution in [0.15, 0.2) is 16.9 Å². The molecule has 2 aliphatic rings. The fourth-order valence-electron chi connectivity index (χ4n) is 2.75. The van der Waals surface area contributed by atoms with E-state index in [4.69, 9.17) is 0 Å². The predicted octanol–water partition coefficient (Wildman–Crippen LogP) is 2.44. The lowest BCUT2D eigenvalue weighted by Gasteiger charge is -2.37. The summed E-state index contributed by atoms with van der Waals surface area (Å²) in [5.74, 6) is 0. The van der Waals surface area contributed by atoms with Crippen molar-refractivity contribution in [3.63, 3.8) is 0 Å². The fraction of sp³-hybridized carbons (Fsp3) is 0.727.